The van der Waals surface area contributed by atoms with Crippen LogP contribution in [-0.4, -0.2) is 11.9 Å². The van der Waals surface area contributed by atoms with E-state index in [0.717, 1.165) is 0 Å². The zero-order valence-electron chi connectivity index (χ0n) is 7.25. The Hall–Kier alpha value is -1.32. The second-order valence-electron chi connectivity index (χ2n) is 2.03. The molecule has 0 aliphatic rings. The number of hydrogen-bond donors (Lipinski definition) is 0. The van der Waals surface area contributed by atoms with E-state index in [4.69, 9.17) is 0 Å². The molecule has 0 saturated heterocycles. The third kappa shape index (κ3) is 4.49. The Kier molecular flexibility index (Phi) is 4.76. The number of rotatable bonds is 4. The quantitative estimate of drug-likeness (QED) is 0.474. The Bertz CT molecular complexity index is 175. The first-order valence-electron chi connectivity index (χ1n) is 3.70. The molecular weight excluding hydrogens is 160 g/mol. The highest BCUT2D eigenvalue weighted by molar-refractivity contribution is 5.72. The van der Waals surface area contributed by atoms with E-state index in [0.29, 0.717) is 0 Å². The summed E-state index contributed by atoms with van der Waals surface area (Å²) in [5, 5.41) is 0. The van der Waals surface area contributed by atoms with Crippen LogP contribution in [0.5, 0.6) is 0 Å². The Morgan fingerprint density at radius 3 is 1.67 bits per heavy atom. The highest BCUT2D eigenvalue weighted by atomic mass is 16.7. The fraction of sp³-hybridized carbons (Fsp3) is 0.500. The van der Waals surface area contributed by atoms with Crippen LogP contribution in [0.1, 0.15) is 26.7 Å². The van der Waals surface area contributed by atoms with Crippen molar-refractivity contribution in [3.63, 3.8) is 0 Å². The van der Waals surface area contributed by atoms with Crippen LogP contribution in [-0.2, 0) is 19.1 Å². The number of hydrogen-bond acceptors (Lipinski definition) is 4. The van der Waals surface area contributed by atoms with Crippen LogP contribution in [0.15, 0.2) is 12.5 Å². The second kappa shape index (κ2) is 5.35. The van der Waals surface area contributed by atoms with E-state index >= 15 is 0 Å². The first-order chi connectivity index (χ1) is 5.60. The summed E-state index contributed by atoms with van der Waals surface area (Å²) < 4.78 is 8.99. The molecular formula is C8H12O4. The van der Waals surface area contributed by atoms with Gasteiger partial charge >= 0.3 is 11.9 Å². The average molecular weight is 172 g/mol. The van der Waals surface area contributed by atoms with Gasteiger partial charge in [-0.25, -0.2) is 0 Å². The molecule has 0 bridgehead atoms. The lowest BCUT2D eigenvalue weighted by molar-refractivity contribution is -0.153. The number of carbonyl (C=O) groups excluding carboxylic acids is 2. The predicted molar refractivity (Wildman–Crippen MR) is 41.9 cm³/mol. The molecule has 0 heterocycles. The topological polar surface area (TPSA) is 52.6 Å². The number of carbonyl (C=O) groups is 2. The molecule has 0 aliphatic carbocycles. The fourth-order valence-corrected chi connectivity index (χ4v) is 0.419. The van der Waals surface area contributed by atoms with Gasteiger partial charge in [-0.2, -0.15) is 0 Å². The lowest BCUT2D eigenvalue weighted by atomic mass is 10.5. The molecule has 0 unspecified atom stereocenters. The molecule has 0 aromatic heterocycles. The van der Waals surface area contributed by atoms with E-state index in [1.807, 2.05) is 0 Å². The van der Waals surface area contributed by atoms with Crippen LogP contribution in [0.2, 0.25) is 0 Å². The van der Waals surface area contributed by atoms with Gasteiger partial charge in [0.2, 0.25) is 0 Å². The van der Waals surface area contributed by atoms with E-state index in [2.05, 4.69) is 16.1 Å². The molecule has 12 heavy (non-hydrogen) atoms. The standard InChI is InChI=1S/C8H12O4/c1-4-7(9)11-6(3)12-8(10)5-2/h3-5H2,1-2H3. The van der Waals surface area contributed by atoms with Crippen molar-refractivity contribution in [3.8, 4) is 0 Å². The van der Waals surface area contributed by atoms with E-state index in [9.17, 15) is 9.59 Å². The van der Waals surface area contributed by atoms with E-state index < -0.39 is 11.9 Å². The van der Waals surface area contributed by atoms with Crippen molar-refractivity contribution in [3.05, 3.63) is 12.5 Å². The summed E-state index contributed by atoms with van der Waals surface area (Å²) >= 11 is 0. The zero-order valence-corrected chi connectivity index (χ0v) is 7.25. The Morgan fingerprint density at radius 2 is 1.42 bits per heavy atom. The number of ether oxygens (including phenoxy) is 2. The Morgan fingerprint density at radius 1 is 1.08 bits per heavy atom. The minimum absolute atomic E-state index is 0.225. The summed E-state index contributed by atoms with van der Waals surface area (Å²) in [7, 11) is 0. The molecule has 0 fully saturated rings. The summed E-state index contributed by atoms with van der Waals surface area (Å²) in [6, 6.07) is 0. The molecule has 4 heteroatoms. The monoisotopic (exact) mass is 172 g/mol. The van der Waals surface area contributed by atoms with Crippen molar-refractivity contribution in [2.24, 2.45) is 0 Å². The summed E-state index contributed by atoms with van der Waals surface area (Å²) in [4.78, 5) is 21.2. The van der Waals surface area contributed by atoms with Crippen molar-refractivity contribution < 1.29 is 19.1 Å². The van der Waals surface area contributed by atoms with Gasteiger partial charge in [-0.1, -0.05) is 13.8 Å². The van der Waals surface area contributed by atoms with Crippen LogP contribution in [0.25, 0.3) is 0 Å². The summed E-state index contributed by atoms with van der Waals surface area (Å²) in [5.74, 6) is -1.19. The van der Waals surface area contributed by atoms with Gasteiger partial charge in [0.25, 0.3) is 5.95 Å². The molecule has 0 N–H and O–H groups in total. The second-order valence-corrected chi connectivity index (χ2v) is 2.03. The van der Waals surface area contributed by atoms with Crippen molar-refractivity contribution in [2.75, 3.05) is 0 Å². The van der Waals surface area contributed by atoms with Gasteiger partial charge in [0.15, 0.2) is 0 Å². The van der Waals surface area contributed by atoms with Crippen LogP contribution in [0, 0.1) is 0 Å². The van der Waals surface area contributed by atoms with Crippen molar-refractivity contribution in [1.29, 1.82) is 0 Å². The minimum atomic E-state index is -0.469. The highest BCUT2D eigenvalue weighted by Crippen LogP contribution is 2.00. The first kappa shape index (κ1) is 10.7. The largest absolute Gasteiger partial charge is 0.393 e. The van der Waals surface area contributed by atoms with E-state index in [-0.39, 0.29) is 18.8 Å². The first-order valence-corrected chi connectivity index (χ1v) is 3.70. The Labute approximate surface area is 71.2 Å². The van der Waals surface area contributed by atoms with Crippen molar-refractivity contribution in [1.82, 2.24) is 0 Å². The SMILES string of the molecule is C=C(OC(=O)CC)OC(=O)CC. The van der Waals surface area contributed by atoms with Gasteiger partial charge in [-0.3, -0.25) is 9.59 Å². The molecule has 0 amide bonds. The summed E-state index contributed by atoms with van der Waals surface area (Å²) in [6.45, 7) is 6.52. The molecule has 4 nitrogen and oxygen atoms in total. The predicted octanol–water partition coefficient (Wildman–Crippen LogP) is 1.36. The Balaban J connectivity index is 3.74. The van der Waals surface area contributed by atoms with Gasteiger partial charge in [0.05, 0.1) is 0 Å². The average Bonchev–Trinajstić information content (AvgIpc) is 2.03. The van der Waals surface area contributed by atoms with E-state index in [1.165, 1.54) is 0 Å². The smallest absolute Gasteiger partial charge is 0.313 e. The maximum atomic E-state index is 10.6. The van der Waals surface area contributed by atoms with Gasteiger partial charge in [0, 0.05) is 12.8 Å². The van der Waals surface area contributed by atoms with Crippen LogP contribution >= 0.6 is 0 Å². The van der Waals surface area contributed by atoms with Crippen LogP contribution < -0.4 is 0 Å². The van der Waals surface area contributed by atoms with Crippen LogP contribution in [0.4, 0.5) is 0 Å². The van der Waals surface area contributed by atoms with Gasteiger partial charge < -0.3 is 9.47 Å². The van der Waals surface area contributed by atoms with Gasteiger partial charge in [-0.15, -0.1) is 0 Å². The maximum absolute atomic E-state index is 10.6. The van der Waals surface area contributed by atoms with Crippen molar-refractivity contribution in [2.45, 2.75) is 26.7 Å². The van der Waals surface area contributed by atoms with E-state index in [1.54, 1.807) is 13.8 Å². The molecule has 0 aromatic carbocycles. The molecule has 0 spiro atoms. The minimum Gasteiger partial charge on any atom is -0.393 e. The molecule has 68 valence electrons. The highest BCUT2D eigenvalue weighted by Gasteiger charge is 2.06. The summed E-state index contributed by atoms with van der Waals surface area (Å²) in [5.41, 5.74) is 0. The zero-order chi connectivity index (χ0) is 9.56. The normalized spacial score (nSPS) is 8.83. The third-order valence-electron chi connectivity index (χ3n) is 1.03. The van der Waals surface area contributed by atoms with Gasteiger partial charge in [0.1, 0.15) is 0 Å². The molecule has 0 aliphatic heterocycles. The molecule has 0 rings (SSSR count). The molecule has 0 aromatic rings. The molecule has 0 atom stereocenters. The lowest BCUT2D eigenvalue weighted by Crippen LogP contribution is -2.08. The lowest BCUT2D eigenvalue weighted by Gasteiger charge is -2.04. The summed E-state index contributed by atoms with van der Waals surface area (Å²) in [6.07, 6.45) is 0.450. The number of esters is 2. The molecule has 0 saturated carbocycles. The fourth-order valence-electron chi connectivity index (χ4n) is 0.419. The van der Waals surface area contributed by atoms with Crippen molar-refractivity contribution >= 4 is 11.9 Å². The third-order valence-corrected chi connectivity index (χ3v) is 1.03. The van der Waals surface area contributed by atoms with Crippen LogP contribution in [0.3, 0.4) is 0 Å². The molecule has 0 radical (unpaired) electrons. The maximum Gasteiger partial charge on any atom is 0.313 e. The van der Waals surface area contributed by atoms with Gasteiger partial charge in [-0.05, 0) is 6.58 Å².